The van der Waals surface area contributed by atoms with Crippen LogP contribution in [0.25, 0.3) is 4.96 Å². The Morgan fingerprint density at radius 2 is 2.32 bits per heavy atom. The highest BCUT2D eigenvalue weighted by atomic mass is 32.2. The average Bonchev–Trinajstić information content (AvgIpc) is 3.10. The molecule has 1 unspecified atom stereocenters. The van der Waals surface area contributed by atoms with Crippen molar-refractivity contribution in [2.45, 2.75) is 35.2 Å². The first kappa shape index (κ1) is 13.1. The molecule has 0 aliphatic heterocycles. The monoisotopic (exact) mass is 310 g/mol. The predicted molar refractivity (Wildman–Crippen MR) is 81.3 cm³/mol. The van der Waals surface area contributed by atoms with Crippen LogP contribution in [0.3, 0.4) is 0 Å². The first-order chi connectivity index (χ1) is 9.28. The van der Waals surface area contributed by atoms with Crippen molar-refractivity contribution >= 4 is 39.4 Å². The van der Waals surface area contributed by atoms with Crippen LogP contribution < -0.4 is 5.73 Å². The summed E-state index contributed by atoms with van der Waals surface area (Å²) in [6, 6.07) is 0.176. The van der Waals surface area contributed by atoms with E-state index in [1.54, 1.807) is 34.4 Å². The summed E-state index contributed by atoms with van der Waals surface area (Å²) < 4.78 is 3.17. The summed E-state index contributed by atoms with van der Waals surface area (Å²) in [6.45, 7) is 2.12. The average molecular weight is 310 g/mol. The highest BCUT2D eigenvalue weighted by molar-refractivity contribution is 8.01. The molecule has 0 saturated heterocycles. The number of fused-ring (bicyclic) bond motifs is 1. The van der Waals surface area contributed by atoms with Crippen molar-refractivity contribution in [3.63, 3.8) is 0 Å². The normalized spacial score (nSPS) is 13.2. The fourth-order valence-corrected chi connectivity index (χ4v) is 4.27. The van der Waals surface area contributed by atoms with Crippen LogP contribution in [0.4, 0.5) is 0 Å². The van der Waals surface area contributed by atoms with Crippen molar-refractivity contribution in [2.75, 3.05) is 0 Å². The number of thiazole rings is 2. The van der Waals surface area contributed by atoms with Crippen LogP contribution in [0.15, 0.2) is 32.5 Å². The number of nitrogens with zero attached hydrogens (tertiary/aromatic N) is 3. The molecule has 4 nitrogen and oxygen atoms in total. The predicted octanol–water partition coefficient (Wildman–Crippen LogP) is 3.28. The lowest BCUT2D eigenvalue weighted by Crippen LogP contribution is -2.22. The van der Waals surface area contributed by atoms with Crippen molar-refractivity contribution in [1.29, 1.82) is 0 Å². The zero-order chi connectivity index (χ0) is 13.2. The molecule has 0 fully saturated rings. The van der Waals surface area contributed by atoms with Gasteiger partial charge in [-0.15, -0.1) is 22.7 Å². The Bertz CT molecular complexity index is 656. The SMILES string of the molecule is CCC(N)Cc1c(Sc2nccs2)nc2sccn12. The molecular formula is C12H14N4S3. The van der Waals surface area contributed by atoms with Crippen LogP contribution in [0.5, 0.6) is 0 Å². The third-order valence-corrected chi connectivity index (χ3v) is 5.56. The molecule has 19 heavy (non-hydrogen) atoms. The van der Waals surface area contributed by atoms with E-state index in [0.717, 1.165) is 27.2 Å². The quantitative estimate of drug-likeness (QED) is 0.785. The molecule has 7 heteroatoms. The van der Waals surface area contributed by atoms with Gasteiger partial charge in [0.2, 0.25) is 0 Å². The Morgan fingerprint density at radius 1 is 1.42 bits per heavy atom. The van der Waals surface area contributed by atoms with Gasteiger partial charge in [0.15, 0.2) is 9.30 Å². The van der Waals surface area contributed by atoms with Crippen molar-refractivity contribution in [3.8, 4) is 0 Å². The van der Waals surface area contributed by atoms with Gasteiger partial charge >= 0.3 is 0 Å². The van der Waals surface area contributed by atoms with Crippen LogP contribution >= 0.6 is 34.4 Å². The van der Waals surface area contributed by atoms with Crippen LogP contribution in [0.1, 0.15) is 19.0 Å². The van der Waals surface area contributed by atoms with Crippen LogP contribution in [-0.4, -0.2) is 20.4 Å². The Balaban J connectivity index is 1.97. The number of rotatable bonds is 5. The van der Waals surface area contributed by atoms with Gasteiger partial charge in [-0.2, -0.15) is 0 Å². The molecule has 2 N–H and O–H groups in total. The van der Waals surface area contributed by atoms with Gasteiger partial charge in [-0.05, 0) is 18.2 Å². The Kier molecular flexibility index (Phi) is 3.88. The van der Waals surface area contributed by atoms with Gasteiger partial charge in [-0.25, -0.2) is 9.97 Å². The van der Waals surface area contributed by atoms with E-state index in [4.69, 9.17) is 10.7 Å². The van der Waals surface area contributed by atoms with Crippen molar-refractivity contribution < 1.29 is 0 Å². The van der Waals surface area contributed by atoms with E-state index in [1.165, 1.54) is 5.69 Å². The summed E-state index contributed by atoms with van der Waals surface area (Å²) in [5.41, 5.74) is 7.31. The van der Waals surface area contributed by atoms with Gasteiger partial charge in [0, 0.05) is 35.6 Å². The van der Waals surface area contributed by atoms with E-state index in [0.29, 0.717) is 0 Å². The maximum absolute atomic E-state index is 6.11. The number of hydrogen-bond acceptors (Lipinski definition) is 6. The van der Waals surface area contributed by atoms with E-state index < -0.39 is 0 Å². The largest absolute Gasteiger partial charge is 0.327 e. The molecule has 1 atom stereocenters. The van der Waals surface area contributed by atoms with Crippen molar-refractivity contribution in [1.82, 2.24) is 14.4 Å². The number of nitrogens with two attached hydrogens (primary N) is 1. The molecule has 3 aromatic heterocycles. The van der Waals surface area contributed by atoms with Gasteiger partial charge in [-0.1, -0.05) is 6.92 Å². The number of hydrogen-bond donors (Lipinski definition) is 1. The molecule has 0 spiro atoms. The van der Waals surface area contributed by atoms with E-state index in [2.05, 4.69) is 27.9 Å². The van der Waals surface area contributed by atoms with Crippen molar-refractivity contribution in [3.05, 3.63) is 28.8 Å². The minimum Gasteiger partial charge on any atom is -0.327 e. The number of aromatic nitrogens is 3. The summed E-state index contributed by atoms with van der Waals surface area (Å²) in [6.07, 6.45) is 5.71. The maximum atomic E-state index is 6.11. The van der Waals surface area contributed by atoms with Crippen LogP contribution in [-0.2, 0) is 6.42 Å². The second-order valence-electron chi connectivity index (χ2n) is 4.19. The minimum absolute atomic E-state index is 0.176. The summed E-state index contributed by atoms with van der Waals surface area (Å²) >= 11 is 4.92. The van der Waals surface area contributed by atoms with Gasteiger partial charge in [0.25, 0.3) is 0 Å². The minimum atomic E-state index is 0.176. The second-order valence-corrected chi connectivity index (χ2v) is 7.20. The Hall–Kier alpha value is -0.890. The summed E-state index contributed by atoms with van der Waals surface area (Å²) in [4.78, 5) is 10.0. The molecule has 100 valence electrons. The zero-order valence-corrected chi connectivity index (χ0v) is 12.9. The van der Waals surface area contributed by atoms with Crippen LogP contribution in [0.2, 0.25) is 0 Å². The second kappa shape index (κ2) is 5.62. The zero-order valence-electron chi connectivity index (χ0n) is 10.4. The summed E-state index contributed by atoms with van der Waals surface area (Å²) in [5, 5.41) is 5.07. The molecular weight excluding hydrogens is 296 g/mol. The fraction of sp³-hybridized carbons (Fsp3) is 0.333. The molecule has 0 aliphatic carbocycles. The first-order valence-corrected chi connectivity index (χ1v) is 8.63. The van der Waals surface area contributed by atoms with Gasteiger partial charge in [-0.3, -0.25) is 4.40 Å². The lowest BCUT2D eigenvalue weighted by atomic mass is 10.1. The maximum Gasteiger partial charge on any atom is 0.194 e. The van der Waals surface area contributed by atoms with Crippen LogP contribution in [0, 0.1) is 0 Å². The summed E-state index contributed by atoms with van der Waals surface area (Å²) in [5.74, 6) is 0. The van der Waals surface area contributed by atoms with E-state index in [9.17, 15) is 0 Å². The third-order valence-electron chi connectivity index (χ3n) is 2.90. The topological polar surface area (TPSA) is 56.2 Å². The van der Waals surface area contributed by atoms with Crippen molar-refractivity contribution in [2.24, 2.45) is 5.73 Å². The van der Waals surface area contributed by atoms with E-state index >= 15 is 0 Å². The molecule has 0 bridgehead atoms. The standard InChI is InChI=1S/C12H14N4S3/c1-2-8(13)7-9-10(19-12-14-3-5-18-12)15-11-16(9)4-6-17-11/h3-6,8H,2,7,13H2,1H3. The van der Waals surface area contributed by atoms with E-state index in [1.807, 2.05) is 11.6 Å². The molecule has 0 aliphatic rings. The first-order valence-electron chi connectivity index (χ1n) is 6.05. The molecule has 3 aromatic rings. The molecule has 0 aromatic carbocycles. The number of imidazole rings is 1. The van der Waals surface area contributed by atoms with Gasteiger partial charge in [0.05, 0.1) is 5.69 Å². The Labute approximate surface area is 123 Å². The summed E-state index contributed by atoms with van der Waals surface area (Å²) in [7, 11) is 0. The van der Waals surface area contributed by atoms with E-state index in [-0.39, 0.29) is 6.04 Å². The third kappa shape index (κ3) is 2.69. The molecule has 0 saturated carbocycles. The highest BCUT2D eigenvalue weighted by Gasteiger charge is 2.17. The van der Waals surface area contributed by atoms with Gasteiger partial charge in [0.1, 0.15) is 5.03 Å². The molecule has 3 rings (SSSR count). The lowest BCUT2D eigenvalue weighted by molar-refractivity contribution is 0.627. The lowest BCUT2D eigenvalue weighted by Gasteiger charge is -2.08. The Morgan fingerprint density at radius 3 is 3.05 bits per heavy atom. The smallest absolute Gasteiger partial charge is 0.194 e. The molecule has 3 heterocycles. The molecule has 0 amide bonds. The highest BCUT2D eigenvalue weighted by Crippen LogP contribution is 2.33. The molecule has 0 radical (unpaired) electrons. The van der Waals surface area contributed by atoms with Gasteiger partial charge < -0.3 is 5.73 Å². The fourth-order valence-electron chi connectivity index (χ4n) is 1.82.